The largest absolute Gasteiger partial charge is 0.355 e. The number of nitrogens with one attached hydrogen (secondary N) is 2. The summed E-state index contributed by atoms with van der Waals surface area (Å²) in [6.45, 7) is 6.77. The lowest BCUT2D eigenvalue weighted by Crippen LogP contribution is -2.45. The molecular weight excluding hydrogens is 304 g/mol. The molecule has 1 aromatic heterocycles. The summed E-state index contributed by atoms with van der Waals surface area (Å²) in [7, 11) is 0. The fourth-order valence-electron chi connectivity index (χ4n) is 3.31. The van der Waals surface area contributed by atoms with E-state index in [2.05, 4.69) is 29.0 Å². The minimum atomic E-state index is -0.599. The van der Waals surface area contributed by atoms with Gasteiger partial charge >= 0.3 is 0 Å². The third-order valence-electron chi connectivity index (χ3n) is 4.49. The molecular formula is C18H24N4O2. The zero-order valence-electron chi connectivity index (χ0n) is 14.4. The molecule has 1 aromatic carbocycles. The van der Waals surface area contributed by atoms with Crippen LogP contribution in [-0.2, 0) is 9.59 Å². The van der Waals surface area contributed by atoms with Crippen LogP contribution in [0.1, 0.15) is 51.5 Å². The van der Waals surface area contributed by atoms with Gasteiger partial charge in [0, 0.05) is 12.6 Å². The van der Waals surface area contributed by atoms with Gasteiger partial charge in [-0.2, -0.15) is 0 Å². The normalized spacial score (nSPS) is 19.3. The number of piperidine rings is 1. The number of fused-ring (bicyclic) bond motifs is 1. The lowest BCUT2D eigenvalue weighted by molar-refractivity contribution is -0.137. The Bertz CT molecular complexity index is 765. The summed E-state index contributed by atoms with van der Waals surface area (Å²) in [6, 6.07) is 7.92. The third kappa shape index (κ3) is 3.00. The maximum absolute atomic E-state index is 12.5. The van der Waals surface area contributed by atoms with Crippen molar-refractivity contribution in [1.29, 1.82) is 0 Å². The van der Waals surface area contributed by atoms with Crippen molar-refractivity contribution in [3.63, 3.8) is 0 Å². The molecule has 1 aliphatic heterocycles. The highest BCUT2D eigenvalue weighted by Crippen LogP contribution is 2.25. The fourth-order valence-corrected chi connectivity index (χ4v) is 3.31. The zero-order chi connectivity index (χ0) is 17.3. The van der Waals surface area contributed by atoms with Crippen LogP contribution in [0.2, 0.25) is 0 Å². The summed E-state index contributed by atoms with van der Waals surface area (Å²) in [5.74, 6) is -0.181. The molecule has 3 rings (SSSR count). The van der Waals surface area contributed by atoms with Crippen molar-refractivity contribution >= 4 is 22.8 Å². The molecule has 2 heterocycles. The fraction of sp³-hybridized carbons (Fsp3) is 0.500. The number of nitrogens with zero attached hydrogens (tertiary/aromatic N) is 2. The number of para-hydroxylation sites is 2. The van der Waals surface area contributed by atoms with Crippen LogP contribution in [0.5, 0.6) is 0 Å². The van der Waals surface area contributed by atoms with Gasteiger partial charge in [-0.3, -0.25) is 9.59 Å². The molecule has 0 spiro atoms. The SMILES string of the molecule is CC(NC(=O)C1CCCNC1=O)c1nc2ccccc2n1C(C)C. The minimum Gasteiger partial charge on any atom is -0.355 e. The predicted octanol–water partition coefficient (Wildman–Crippen LogP) is 2.32. The van der Waals surface area contributed by atoms with E-state index >= 15 is 0 Å². The number of hydrogen-bond donors (Lipinski definition) is 2. The molecule has 1 saturated heterocycles. The van der Waals surface area contributed by atoms with E-state index in [1.165, 1.54) is 0 Å². The van der Waals surface area contributed by atoms with Crippen molar-refractivity contribution in [3.05, 3.63) is 30.1 Å². The first-order chi connectivity index (χ1) is 11.5. The maximum Gasteiger partial charge on any atom is 0.233 e. The van der Waals surface area contributed by atoms with Crippen molar-refractivity contribution < 1.29 is 9.59 Å². The van der Waals surface area contributed by atoms with Crippen molar-refractivity contribution in [1.82, 2.24) is 20.2 Å². The van der Waals surface area contributed by atoms with E-state index in [4.69, 9.17) is 4.98 Å². The molecule has 6 heteroatoms. The second-order valence-electron chi connectivity index (χ2n) is 6.64. The Labute approximate surface area is 141 Å². The highest BCUT2D eigenvalue weighted by molar-refractivity contribution is 6.00. The van der Waals surface area contributed by atoms with Crippen molar-refractivity contribution in [3.8, 4) is 0 Å². The summed E-state index contributed by atoms with van der Waals surface area (Å²) < 4.78 is 2.14. The number of rotatable bonds is 4. The quantitative estimate of drug-likeness (QED) is 0.846. The van der Waals surface area contributed by atoms with E-state index in [9.17, 15) is 9.59 Å². The van der Waals surface area contributed by atoms with Crippen molar-refractivity contribution in [2.75, 3.05) is 6.54 Å². The van der Waals surface area contributed by atoms with Crippen LogP contribution >= 0.6 is 0 Å². The highest BCUT2D eigenvalue weighted by Gasteiger charge is 2.30. The Morgan fingerprint density at radius 1 is 1.33 bits per heavy atom. The monoisotopic (exact) mass is 328 g/mol. The first-order valence-corrected chi connectivity index (χ1v) is 8.54. The summed E-state index contributed by atoms with van der Waals surface area (Å²) >= 11 is 0. The van der Waals surface area contributed by atoms with E-state index in [0.717, 1.165) is 23.3 Å². The molecule has 1 aliphatic rings. The molecule has 6 nitrogen and oxygen atoms in total. The molecule has 2 unspecified atom stereocenters. The van der Waals surface area contributed by atoms with Crippen molar-refractivity contribution in [2.24, 2.45) is 5.92 Å². The van der Waals surface area contributed by atoms with Crippen LogP contribution in [0.4, 0.5) is 0 Å². The first kappa shape index (κ1) is 16.5. The number of imidazole rings is 1. The average Bonchev–Trinajstić information content (AvgIpc) is 2.95. The second-order valence-corrected chi connectivity index (χ2v) is 6.64. The number of amides is 2. The summed E-state index contributed by atoms with van der Waals surface area (Å²) in [5, 5.41) is 5.73. The molecule has 2 N–H and O–H groups in total. The Hall–Kier alpha value is -2.37. The van der Waals surface area contributed by atoms with Gasteiger partial charge in [0.2, 0.25) is 11.8 Å². The standard InChI is InChI=1S/C18H24N4O2/c1-11(2)22-15-9-5-4-8-14(15)21-16(22)12(3)20-18(24)13-7-6-10-19-17(13)23/h4-5,8-9,11-13H,6-7,10H2,1-3H3,(H,19,23)(H,20,24). The molecule has 0 saturated carbocycles. The number of benzene rings is 1. The summed E-state index contributed by atoms with van der Waals surface area (Å²) in [5.41, 5.74) is 1.97. The predicted molar refractivity (Wildman–Crippen MR) is 92.4 cm³/mol. The van der Waals surface area contributed by atoms with Gasteiger partial charge in [0.15, 0.2) is 0 Å². The number of hydrogen-bond acceptors (Lipinski definition) is 3. The van der Waals surface area contributed by atoms with E-state index in [1.54, 1.807) is 0 Å². The first-order valence-electron chi connectivity index (χ1n) is 8.54. The Morgan fingerprint density at radius 2 is 2.08 bits per heavy atom. The van der Waals surface area contributed by atoms with E-state index in [0.29, 0.717) is 13.0 Å². The summed E-state index contributed by atoms with van der Waals surface area (Å²) in [4.78, 5) is 29.1. The molecule has 2 amide bonds. The van der Waals surface area contributed by atoms with Crippen LogP contribution in [0.15, 0.2) is 24.3 Å². The molecule has 2 atom stereocenters. The van der Waals surface area contributed by atoms with Crippen LogP contribution < -0.4 is 10.6 Å². The van der Waals surface area contributed by atoms with Crippen LogP contribution in [0.3, 0.4) is 0 Å². The van der Waals surface area contributed by atoms with Crippen LogP contribution in [-0.4, -0.2) is 27.9 Å². The highest BCUT2D eigenvalue weighted by atomic mass is 16.2. The van der Waals surface area contributed by atoms with Crippen LogP contribution in [0.25, 0.3) is 11.0 Å². The van der Waals surface area contributed by atoms with Gasteiger partial charge in [0.05, 0.1) is 17.1 Å². The molecule has 0 radical (unpaired) electrons. The van der Waals surface area contributed by atoms with Gasteiger partial charge in [0.1, 0.15) is 11.7 Å². The number of carbonyl (C=O) groups excluding carboxylic acids is 2. The lowest BCUT2D eigenvalue weighted by Gasteiger charge is -2.24. The zero-order valence-corrected chi connectivity index (χ0v) is 14.4. The molecule has 0 aliphatic carbocycles. The topological polar surface area (TPSA) is 76.0 Å². The van der Waals surface area contributed by atoms with Gasteiger partial charge in [-0.15, -0.1) is 0 Å². The van der Waals surface area contributed by atoms with Crippen LogP contribution in [0, 0.1) is 5.92 Å². The van der Waals surface area contributed by atoms with E-state index in [-0.39, 0.29) is 23.9 Å². The molecule has 2 aromatic rings. The average molecular weight is 328 g/mol. The lowest BCUT2D eigenvalue weighted by atomic mass is 9.97. The third-order valence-corrected chi connectivity index (χ3v) is 4.49. The molecule has 1 fully saturated rings. The van der Waals surface area contributed by atoms with Crippen molar-refractivity contribution in [2.45, 2.75) is 45.7 Å². The number of aromatic nitrogens is 2. The van der Waals surface area contributed by atoms with Gasteiger partial charge in [-0.05, 0) is 45.7 Å². The van der Waals surface area contributed by atoms with E-state index < -0.39 is 5.92 Å². The Kier molecular flexibility index (Phi) is 4.55. The Balaban J connectivity index is 1.85. The maximum atomic E-state index is 12.5. The van der Waals surface area contributed by atoms with Gasteiger partial charge in [-0.1, -0.05) is 12.1 Å². The number of carbonyl (C=O) groups is 2. The van der Waals surface area contributed by atoms with Gasteiger partial charge in [0.25, 0.3) is 0 Å². The summed E-state index contributed by atoms with van der Waals surface area (Å²) in [6.07, 6.45) is 1.44. The molecule has 128 valence electrons. The Morgan fingerprint density at radius 3 is 2.79 bits per heavy atom. The van der Waals surface area contributed by atoms with Gasteiger partial charge in [-0.25, -0.2) is 4.98 Å². The van der Waals surface area contributed by atoms with Gasteiger partial charge < -0.3 is 15.2 Å². The smallest absolute Gasteiger partial charge is 0.233 e. The molecule has 0 bridgehead atoms. The molecule has 24 heavy (non-hydrogen) atoms. The minimum absolute atomic E-state index is 0.177. The van der Waals surface area contributed by atoms with E-state index in [1.807, 2.05) is 31.2 Å². The second kappa shape index (κ2) is 6.63.